The van der Waals surface area contributed by atoms with Crippen LogP contribution in [0.3, 0.4) is 0 Å². The van der Waals surface area contributed by atoms with Gasteiger partial charge >= 0.3 is 5.97 Å². The summed E-state index contributed by atoms with van der Waals surface area (Å²) in [5, 5.41) is 1.03. The van der Waals surface area contributed by atoms with Gasteiger partial charge in [-0.3, -0.25) is 4.79 Å². The molecule has 3 aromatic carbocycles. The third-order valence-corrected chi connectivity index (χ3v) is 5.66. The van der Waals surface area contributed by atoms with Gasteiger partial charge in [0.1, 0.15) is 17.3 Å². The average molecular weight is 441 g/mol. The minimum atomic E-state index is -0.693. The third-order valence-electron chi connectivity index (χ3n) is 5.66. The topological polar surface area (TPSA) is 57.5 Å². The molecule has 6 heteroatoms. The molecule has 0 saturated heterocycles. The van der Waals surface area contributed by atoms with Crippen LogP contribution < -0.4 is 9.47 Å². The van der Waals surface area contributed by atoms with E-state index < -0.39 is 11.8 Å². The highest BCUT2D eigenvalue weighted by atomic mass is 19.1. The Balaban J connectivity index is 1.47. The number of ketones is 1. The highest BCUT2D eigenvalue weighted by molar-refractivity contribution is 6.16. The first kappa shape index (κ1) is 20.7. The molecular weight excluding hydrogens is 421 g/mol. The predicted molar refractivity (Wildman–Crippen MR) is 123 cm³/mol. The molecule has 0 atom stereocenters. The molecule has 0 spiro atoms. The molecule has 1 aliphatic heterocycles. The molecule has 0 N–H and O–H groups in total. The maximum Gasteiger partial charge on any atom is 0.343 e. The predicted octanol–water partition coefficient (Wildman–Crippen LogP) is 5.94. The Hall–Kier alpha value is -4.19. The van der Waals surface area contributed by atoms with Gasteiger partial charge in [0.15, 0.2) is 5.76 Å². The number of aryl methyl sites for hydroxylation is 2. The summed E-state index contributed by atoms with van der Waals surface area (Å²) in [6, 6.07) is 16.4. The number of hydrogen-bond donors (Lipinski definition) is 0. The monoisotopic (exact) mass is 441 g/mol. The van der Waals surface area contributed by atoms with Crippen molar-refractivity contribution in [2.45, 2.75) is 20.4 Å². The summed E-state index contributed by atoms with van der Waals surface area (Å²) < 4.78 is 26.8. The third kappa shape index (κ3) is 3.69. The number of fused-ring (bicyclic) bond motifs is 2. The lowest BCUT2D eigenvalue weighted by Gasteiger charge is -2.08. The fourth-order valence-corrected chi connectivity index (χ4v) is 4.11. The normalized spacial score (nSPS) is 13.9. The number of carbonyl (C=O) groups excluding carboxylic acids is 2. The highest BCUT2D eigenvalue weighted by Gasteiger charge is 2.30. The highest BCUT2D eigenvalue weighted by Crippen LogP contribution is 2.38. The van der Waals surface area contributed by atoms with Crippen LogP contribution >= 0.6 is 0 Å². The zero-order valence-electron chi connectivity index (χ0n) is 18.1. The molecule has 5 rings (SSSR count). The van der Waals surface area contributed by atoms with Crippen LogP contribution in [0.15, 0.2) is 72.6 Å². The Bertz CT molecular complexity index is 1460. The lowest BCUT2D eigenvalue weighted by molar-refractivity contribution is 0.0734. The Morgan fingerprint density at radius 3 is 2.73 bits per heavy atom. The Morgan fingerprint density at radius 1 is 1.12 bits per heavy atom. The first-order valence-electron chi connectivity index (χ1n) is 10.6. The fourth-order valence-electron chi connectivity index (χ4n) is 4.11. The van der Waals surface area contributed by atoms with E-state index in [4.69, 9.17) is 9.47 Å². The molecule has 0 fully saturated rings. The summed E-state index contributed by atoms with van der Waals surface area (Å²) in [4.78, 5) is 25.5. The van der Waals surface area contributed by atoms with Gasteiger partial charge < -0.3 is 14.0 Å². The van der Waals surface area contributed by atoms with Crippen molar-refractivity contribution in [3.8, 4) is 11.5 Å². The molecule has 5 nitrogen and oxygen atoms in total. The van der Waals surface area contributed by atoms with Crippen LogP contribution in [0.4, 0.5) is 4.39 Å². The van der Waals surface area contributed by atoms with Gasteiger partial charge in [-0.2, -0.15) is 0 Å². The Morgan fingerprint density at radius 2 is 1.94 bits per heavy atom. The molecule has 0 saturated carbocycles. The number of aromatic nitrogens is 1. The van der Waals surface area contributed by atoms with Crippen LogP contribution in [0.1, 0.15) is 38.8 Å². The van der Waals surface area contributed by atoms with Crippen LogP contribution in [0.25, 0.3) is 17.0 Å². The van der Waals surface area contributed by atoms with Crippen molar-refractivity contribution in [3.05, 3.63) is 101 Å². The minimum absolute atomic E-state index is 0.0954. The number of esters is 1. The van der Waals surface area contributed by atoms with E-state index in [0.717, 1.165) is 29.1 Å². The van der Waals surface area contributed by atoms with Crippen molar-refractivity contribution in [2.24, 2.45) is 0 Å². The standard InChI is InChI=1S/C27H20FNO4/c1-3-29-15-18(21-9-4-5-10-22(21)29)13-24-26(30)25-16(2)11-20(14-23(25)33-24)32-27(31)17-7-6-8-19(28)12-17/h4-15H,3H2,1-2H3/b24-13-. The zero-order chi connectivity index (χ0) is 23.1. The van der Waals surface area contributed by atoms with Gasteiger partial charge in [0.25, 0.3) is 0 Å². The minimum Gasteiger partial charge on any atom is -0.452 e. The van der Waals surface area contributed by atoms with Gasteiger partial charge in [-0.15, -0.1) is 0 Å². The summed E-state index contributed by atoms with van der Waals surface area (Å²) in [7, 11) is 0. The second-order valence-electron chi connectivity index (χ2n) is 7.84. The van der Waals surface area contributed by atoms with E-state index in [1.807, 2.05) is 30.5 Å². The Labute approximate surface area is 189 Å². The van der Waals surface area contributed by atoms with Gasteiger partial charge in [0.05, 0.1) is 11.1 Å². The maximum absolute atomic E-state index is 13.4. The van der Waals surface area contributed by atoms with Crippen molar-refractivity contribution in [2.75, 3.05) is 0 Å². The number of para-hydroxylation sites is 1. The number of hydrogen-bond acceptors (Lipinski definition) is 4. The largest absolute Gasteiger partial charge is 0.452 e. The number of halogens is 1. The number of ether oxygens (including phenoxy) is 2. The smallest absolute Gasteiger partial charge is 0.343 e. The zero-order valence-corrected chi connectivity index (χ0v) is 18.1. The van der Waals surface area contributed by atoms with Crippen LogP contribution in [-0.4, -0.2) is 16.3 Å². The van der Waals surface area contributed by atoms with Crippen LogP contribution in [0, 0.1) is 12.7 Å². The molecule has 0 amide bonds. The summed E-state index contributed by atoms with van der Waals surface area (Å²) >= 11 is 0. The van der Waals surface area contributed by atoms with Gasteiger partial charge in [0.2, 0.25) is 5.78 Å². The fraction of sp³-hybridized carbons (Fsp3) is 0.111. The summed E-state index contributed by atoms with van der Waals surface area (Å²) in [6.07, 6.45) is 3.74. The molecule has 164 valence electrons. The molecule has 1 aliphatic rings. The van der Waals surface area contributed by atoms with E-state index >= 15 is 0 Å². The maximum atomic E-state index is 13.4. The molecule has 0 unspecified atom stereocenters. The molecule has 0 bridgehead atoms. The number of nitrogens with zero attached hydrogens (tertiary/aromatic N) is 1. The molecule has 0 aliphatic carbocycles. The molecular formula is C27H20FNO4. The first-order chi connectivity index (χ1) is 15.9. The van der Waals surface area contributed by atoms with Crippen molar-refractivity contribution < 1.29 is 23.5 Å². The van der Waals surface area contributed by atoms with Gasteiger partial charge in [-0.25, -0.2) is 9.18 Å². The second kappa shape index (κ2) is 8.06. The molecule has 2 heterocycles. The molecule has 1 aromatic heterocycles. The number of carbonyl (C=O) groups is 2. The van der Waals surface area contributed by atoms with E-state index in [9.17, 15) is 14.0 Å². The summed E-state index contributed by atoms with van der Waals surface area (Å²) in [6.45, 7) is 4.62. The van der Waals surface area contributed by atoms with Gasteiger partial charge in [-0.05, 0) is 55.8 Å². The lowest BCUT2D eigenvalue weighted by atomic mass is 10.0. The van der Waals surface area contributed by atoms with E-state index in [2.05, 4.69) is 11.5 Å². The first-order valence-corrected chi connectivity index (χ1v) is 10.6. The van der Waals surface area contributed by atoms with E-state index in [0.29, 0.717) is 16.9 Å². The molecule has 0 radical (unpaired) electrons. The SMILES string of the molecule is CCn1cc(/C=C2\Oc3cc(OC(=O)c4cccc(F)c4)cc(C)c3C2=O)c2ccccc21. The van der Waals surface area contributed by atoms with Gasteiger partial charge in [-0.1, -0.05) is 24.3 Å². The van der Waals surface area contributed by atoms with Crippen LogP contribution in [0.5, 0.6) is 11.5 Å². The van der Waals surface area contributed by atoms with E-state index in [-0.39, 0.29) is 22.9 Å². The molecule has 4 aromatic rings. The van der Waals surface area contributed by atoms with Gasteiger partial charge in [0, 0.05) is 35.3 Å². The lowest BCUT2D eigenvalue weighted by Crippen LogP contribution is -2.09. The average Bonchev–Trinajstić information content (AvgIpc) is 3.31. The van der Waals surface area contributed by atoms with Crippen LogP contribution in [0.2, 0.25) is 0 Å². The molecule has 33 heavy (non-hydrogen) atoms. The van der Waals surface area contributed by atoms with Crippen molar-refractivity contribution in [1.82, 2.24) is 4.57 Å². The number of allylic oxidation sites excluding steroid dienone is 1. The van der Waals surface area contributed by atoms with E-state index in [1.165, 1.54) is 24.3 Å². The number of Topliss-reactive ketones (excluding diaryl/α,β-unsaturated/α-hetero) is 1. The van der Waals surface area contributed by atoms with Crippen molar-refractivity contribution >= 4 is 28.7 Å². The number of rotatable bonds is 4. The van der Waals surface area contributed by atoms with Crippen LogP contribution in [-0.2, 0) is 6.54 Å². The number of benzene rings is 3. The van der Waals surface area contributed by atoms with Crippen molar-refractivity contribution in [1.29, 1.82) is 0 Å². The van der Waals surface area contributed by atoms with E-state index in [1.54, 1.807) is 19.1 Å². The Kier molecular flexibility index (Phi) is 5.05. The summed E-state index contributed by atoms with van der Waals surface area (Å²) in [5.41, 5.74) is 3.12. The quantitative estimate of drug-likeness (QED) is 0.223. The second-order valence-corrected chi connectivity index (χ2v) is 7.84. The van der Waals surface area contributed by atoms with Crippen molar-refractivity contribution in [3.63, 3.8) is 0 Å². The summed E-state index contributed by atoms with van der Waals surface area (Å²) in [5.74, 6) is -0.687.